The molecule has 31 heavy (non-hydrogen) atoms. The average Bonchev–Trinajstić information content (AvgIpc) is 3.20. The maximum absolute atomic E-state index is 12.3. The van der Waals surface area contributed by atoms with Crippen LogP contribution in [0.4, 0.5) is 17.1 Å². The lowest BCUT2D eigenvalue weighted by molar-refractivity contribution is -0.384. The Hall–Kier alpha value is -4.49. The molecule has 0 bridgehead atoms. The number of hydrogen-bond acceptors (Lipinski definition) is 7. The fraction of sp³-hybridized carbons (Fsp3) is 0. The fourth-order valence-electron chi connectivity index (χ4n) is 2.60. The summed E-state index contributed by atoms with van der Waals surface area (Å²) in [6.07, 6.45) is 1.17. The molecule has 154 valence electrons. The van der Waals surface area contributed by atoms with Crippen LogP contribution >= 0.6 is 11.6 Å². The molecule has 1 heterocycles. The summed E-state index contributed by atoms with van der Waals surface area (Å²) in [7, 11) is 0. The van der Waals surface area contributed by atoms with Crippen molar-refractivity contribution < 1.29 is 19.1 Å². The number of amides is 1. The van der Waals surface area contributed by atoms with Gasteiger partial charge >= 0.3 is 0 Å². The van der Waals surface area contributed by atoms with Gasteiger partial charge in [0.1, 0.15) is 23.2 Å². The Kier molecular flexibility index (Phi) is 6.09. The molecule has 0 unspecified atom stereocenters. The molecule has 11 heteroatoms. The lowest BCUT2D eigenvalue weighted by atomic mass is 10.1. The molecule has 2 aromatic carbocycles. The number of nitro benzene ring substituents is 2. The van der Waals surface area contributed by atoms with Crippen molar-refractivity contribution in [3.8, 4) is 17.4 Å². The second kappa shape index (κ2) is 8.89. The van der Waals surface area contributed by atoms with E-state index in [1.165, 1.54) is 60.7 Å². The van der Waals surface area contributed by atoms with Gasteiger partial charge in [0, 0.05) is 35.0 Å². The molecule has 0 fully saturated rings. The van der Waals surface area contributed by atoms with Crippen molar-refractivity contribution in [3.63, 3.8) is 0 Å². The summed E-state index contributed by atoms with van der Waals surface area (Å²) in [5.74, 6) is -0.482. The Morgan fingerprint density at radius 3 is 2.39 bits per heavy atom. The van der Waals surface area contributed by atoms with E-state index in [0.717, 1.165) is 0 Å². The van der Waals surface area contributed by atoms with Crippen LogP contribution in [0.3, 0.4) is 0 Å². The number of carbonyl (C=O) groups excluding carboxylic acids is 1. The number of carbonyl (C=O) groups is 1. The number of benzene rings is 2. The van der Waals surface area contributed by atoms with Crippen molar-refractivity contribution >= 4 is 40.6 Å². The highest BCUT2D eigenvalue weighted by molar-refractivity contribution is 6.30. The third-order valence-electron chi connectivity index (χ3n) is 4.04. The zero-order valence-corrected chi connectivity index (χ0v) is 16.2. The van der Waals surface area contributed by atoms with Crippen LogP contribution in [-0.4, -0.2) is 15.8 Å². The molecule has 0 saturated heterocycles. The van der Waals surface area contributed by atoms with Crippen LogP contribution in [0, 0.1) is 31.6 Å². The second-order valence-electron chi connectivity index (χ2n) is 6.05. The smallest absolute Gasteiger partial charge is 0.281 e. The van der Waals surface area contributed by atoms with E-state index < -0.39 is 15.8 Å². The summed E-state index contributed by atoms with van der Waals surface area (Å²) >= 11 is 5.81. The normalized spacial score (nSPS) is 10.9. The van der Waals surface area contributed by atoms with Crippen LogP contribution in [0.15, 0.2) is 64.6 Å². The van der Waals surface area contributed by atoms with Gasteiger partial charge in [0.05, 0.1) is 15.4 Å². The van der Waals surface area contributed by atoms with Crippen LogP contribution < -0.4 is 5.32 Å². The van der Waals surface area contributed by atoms with Gasteiger partial charge in [-0.25, -0.2) is 0 Å². The van der Waals surface area contributed by atoms with Gasteiger partial charge in [-0.3, -0.25) is 25.0 Å². The van der Waals surface area contributed by atoms with Crippen molar-refractivity contribution in [2.24, 2.45) is 0 Å². The Labute approximate surface area is 179 Å². The molecule has 0 aliphatic heterocycles. The van der Waals surface area contributed by atoms with Crippen molar-refractivity contribution in [2.75, 3.05) is 5.32 Å². The van der Waals surface area contributed by atoms with E-state index in [1.807, 2.05) is 0 Å². The minimum absolute atomic E-state index is 0.120. The van der Waals surface area contributed by atoms with E-state index in [1.54, 1.807) is 6.07 Å². The minimum Gasteiger partial charge on any atom is -0.456 e. The van der Waals surface area contributed by atoms with Crippen LogP contribution in [0.25, 0.3) is 17.4 Å². The molecule has 1 aromatic heterocycles. The Morgan fingerprint density at radius 2 is 1.77 bits per heavy atom. The largest absolute Gasteiger partial charge is 0.456 e. The molecular formula is C20H11ClN4O6. The van der Waals surface area contributed by atoms with Gasteiger partial charge in [0.25, 0.3) is 17.3 Å². The lowest BCUT2D eigenvalue weighted by Crippen LogP contribution is -2.13. The van der Waals surface area contributed by atoms with E-state index in [-0.39, 0.29) is 44.7 Å². The predicted molar refractivity (Wildman–Crippen MR) is 111 cm³/mol. The van der Waals surface area contributed by atoms with E-state index in [0.29, 0.717) is 0 Å². The number of non-ortho nitro benzene ring substituents is 1. The van der Waals surface area contributed by atoms with E-state index >= 15 is 0 Å². The van der Waals surface area contributed by atoms with Gasteiger partial charge in [-0.2, -0.15) is 5.26 Å². The van der Waals surface area contributed by atoms with Crippen LogP contribution in [0.5, 0.6) is 0 Å². The predicted octanol–water partition coefficient (Wildman–Crippen LogP) is 4.96. The highest BCUT2D eigenvalue weighted by Gasteiger charge is 2.19. The van der Waals surface area contributed by atoms with E-state index in [2.05, 4.69) is 5.32 Å². The van der Waals surface area contributed by atoms with E-state index in [4.69, 9.17) is 16.0 Å². The summed E-state index contributed by atoms with van der Waals surface area (Å²) in [6, 6.07) is 13.8. The first-order valence-corrected chi connectivity index (χ1v) is 8.88. The van der Waals surface area contributed by atoms with Crippen LogP contribution in [0.2, 0.25) is 5.02 Å². The molecular weight excluding hydrogens is 428 g/mol. The van der Waals surface area contributed by atoms with Gasteiger partial charge in [-0.05, 0) is 36.4 Å². The minimum atomic E-state index is -0.758. The molecule has 0 aliphatic rings. The number of nitriles is 1. The second-order valence-corrected chi connectivity index (χ2v) is 6.48. The molecule has 0 saturated carbocycles. The molecule has 10 nitrogen and oxygen atoms in total. The molecule has 0 radical (unpaired) electrons. The number of furan rings is 1. The highest BCUT2D eigenvalue weighted by atomic mass is 35.5. The molecule has 0 spiro atoms. The first-order valence-electron chi connectivity index (χ1n) is 8.50. The molecule has 0 aliphatic carbocycles. The van der Waals surface area contributed by atoms with E-state index in [9.17, 15) is 30.3 Å². The Balaban J connectivity index is 1.83. The number of halogens is 1. The molecule has 1 amide bonds. The third kappa shape index (κ3) is 4.92. The van der Waals surface area contributed by atoms with Gasteiger partial charge in [-0.1, -0.05) is 11.6 Å². The third-order valence-corrected chi connectivity index (χ3v) is 4.27. The van der Waals surface area contributed by atoms with Gasteiger partial charge < -0.3 is 9.73 Å². The fourth-order valence-corrected chi connectivity index (χ4v) is 2.76. The number of anilines is 1. The van der Waals surface area contributed by atoms with Crippen molar-refractivity contribution in [1.82, 2.24) is 0 Å². The topological polar surface area (TPSA) is 152 Å². The Morgan fingerprint density at radius 1 is 1.06 bits per heavy atom. The number of nitro groups is 2. The van der Waals surface area contributed by atoms with Crippen molar-refractivity contribution in [1.29, 1.82) is 5.26 Å². The quantitative estimate of drug-likeness (QED) is 0.247. The summed E-state index contributed by atoms with van der Waals surface area (Å²) in [5.41, 5.74) is -0.260. The maximum Gasteiger partial charge on any atom is 0.281 e. The summed E-state index contributed by atoms with van der Waals surface area (Å²) < 4.78 is 5.55. The Bertz CT molecular complexity index is 1260. The van der Waals surface area contributed by atoms with Crippen LogP contribution in [-0.2, 0) is 4.79 Å². The summed E-state index contributed by atoms with van der Waals surface area (Å²) in [4.78, 5) is 33.1. The molecule has 0 atom stereocenters. The van der Waals surface area contributed by atoms with Crippen LogP contribution in [0.1, 0.15) is 5.76 Å². The zero-order chi connectivity index (χ0) is 22.5. The average molecular weight is 439 g/mol. The number of rotatable bonds is 6. The highest BCUT2D eigenvalue weighted by Crippen LogP contribution is 2.33. The first kappa shape index (κ1) is 21.2. The molecule has 3 rings (SSSR count). The standard InChI is InChI=1S/C20H11ClN4O6/c21-13-1-7-17(18(10-13)25(29)30)19-8-6-16(31-19)9-12(11-22)20(26)23-14-2-4-15(5-3-14)24(27)28/h1-10H,(H,23,26)/b12-9+. The summed E-state index contributed by atoms with van der Waals surface area (Å²) in [6.45, 7) is 0. The van der Waals surface area contributed by atoms with Gasteiger partial charge in [0.15, 0.2) is 0 Å². The van der Waals surface area contributed by atoms with Gasteiger partial charge in [-0.15, -0.1) is 0 Å². The molecule has 1 N–H and O–H groups in total. The number of nitrogens with one attached hydrogen (secondary N) is 1. The first-order chi connectivity index (χ1) is 14.8. The number of nitrogens with zero attached hydrogens (tertiary/aromatic N) is 3. The molecule has 3 aromatic rings. The zero-order valence-electron chi connectivity index (χ0n) is 15.4. The maximum atomic E-state index is 12.3. The van der Waals surface area contributed by atoms with Crippen molar-refractivity contribution in [2.45, 2.75) is 0 Å². The SMILES string of the molecule is N#C/C(=C\c1ccc(-c2ccc(Cl)cc2[N+](=O)[O-])o1)C(=O)Nc1ccc([N+](=O)[O-])cc1. The summed E-state index contributed by atoms with van der Waals surface area (Å²) in [5, 5.41) is 33.9. The number of hydrogen-bond donors (Lipinski definition) is 1. The van der Waals surface area contributed by atoms with Crippen molar-refractivity contribution in [3.05, 3.63) is 91.2 Å². The lowest BCUT2D eigenvalue weighted by Gasteiger charge is -2.03. The monoisotopic (exact) mass is 438 g/mol. The van der Waals surface area contributed by atoms with Gasteiger partial charge in [0.2, 0.25) is 0 Å².